The Morgan fingerprint density at radius 1 is 1.12 bits per heavy atom. The maximum atomic E-state index is 13.0. The quantitative estimate of drug-likeness (QED) is 0.644. The summed E-state index contributed by atoms with van der Waals surface area (Å²) < 4.78 is 43.5. The molecule has 2 aromatic carbocycles. The van der Waals surface area contributed by atoms with Gasteiger partial charge in [-0.1, -0.05) is 41.9 Å². The minimum Gasteiger partial charge on any atom is -0.453 e. The van der Waals surface area contributed by atoms with E-state index < -0.39 is 47.3 Å². The fourth-order valence-corrected chi connectivity index (χ4v) is 3.06. The van der Waals surface area contributed by atoms with Gasteiger partial charge >= 0.3 is 12.3 Å². The van der Waals surface area contributed by atoms with Gasteiger partial charge < -0.3 is 20.3 Å². The first-order valence-electron chi connectivity index (χ1n) is 9.31. The normalized spacial score (nSPS) is 11.9. The molecule has 0 bridgehead atoms. The van der Waals surface area contributed by atoms with Gasteiger partial charge in [-0.2, -0.15) is 13.2 Å². The van der Waals surface area contributed by atoms with Crippen molar-refractivity contribution in [2.45, 2.75) is 18.6 Å². The Hall–Kier alpha value is -3.27. The van der Waals surface area contributed by atoms with Crippen LogP contribution in [0, 0.1) is 0 Å². The SMILES string of the molecule is COC(=O)NC(Cc1ccccc1)C(=O)N(C)CC(=O)Nc1ccc(Cl)c(C(F)(F)F)c1. The zero-order chi connectivity index (χ0) is 23.9. The molecule has 0 radical (unpaired) electrons. The van der Waals surface area contributed by atoms with Crippen LogP contribution in [0.3, 0.4) is 0 Å². The molecule has 2 aromatic rings. The molecule has 32 heavy (non-hydrogen) atoms. The van der Waals surface area contributed by atoms with Gasteiger partial charge in [-0.3, -0.25) is 9.59 Å². The Labute approximate surface area is 187 Å². The van der Waals surface area contributed by atoms with Crippen LogP contribution in [0.5, 0.6) is 0 Å². The molecule has 7 nitrogen and oxygen atoms in total. The van der Waals surface area contributed by atoms with E-state index in [4.69, 9.17) is 11.6 Å². The summed E-state index contributed by atoms with van der Waals surface area (Å²) in [6.07, 6.45) is -5.36. The molecule has 0 fully saturated rings. The average Bonchev–Trinajstić information content (AvgIpc) is 2.73. The van der Waals surface area contributed by atoms with Gasteiger partial charge in [-0.05, 0) is 23.8 Å². The second-order valence-corrected chi connectivity index (χ2v) is 7.22. The Morgan fingerprint density at radius 2 is 1.78 bits per heavy atom. The van der Waals surface area contributed by atoms with Crippen molar-refractivity contribution in [2.75, 3.05) is 26.0 Å². The highest BCUT2D eigenvalue weighted by Gasteiger charge is 2.33. The maximum absolute atomic E-state index is 13.0. The van der Waals surface area contributed by atoms with E-state index in [0.29, 0.717) is 6.07 Å². The van der Waals surface area contributed by atoms with Crippen molar-refractivity contribution in [3.05, 3.63) is 64.7 Å². The van der Waals surface area contributed by atoms with E-state index in [1.165, 1.54) is 13.1 Å². The summed E-state index contributed by atoms with van der Waals surface area (Å²) in [4.78, 5) is 37.8. The fraction of sp³-hybridized carbons (Fsp3) is 0.286. The van der Waals surface area contributed by atoms with Gasteiger partial charge in [-0.25, -0.2) is 4.79 Å². The zero-order valence-electron chi connectivity index (χ0n) is 17.2. The summed E-state index contributed by atoms with van der Waals surface area (Å²) in [5.41, 5.74) is -0.450. The highest BCUT2D eigenvalue weighted by molar-refractivity contribution is 6.31. The summed E-state index contributed by atoms with van der Waals surface area (Å²) in [7, 11) is 2.49. The van der Waals surface area contributed by atoms with Gasteiger partial charge in [-0.15, -0.1) is 0 Å². The lowest BCUT2D eigenvalue weighted by molar-refractivity contribution is -0.137. The Kier molecular flexibility index (Phi) is 8.48. The van der Waals surface area contributed by atoms with E-state index in [0.717, 1.165) is 23.6 Å². The second kappa shape index (κ2) is 10.9. The summed E-state index contributed by atoms with van der Waals surface area (Å²) in [5.74, 6) is -1.31. The van der Waals surface area contributed by atoms with Gasteiger partial charge in [0.2, 0.25) is 11.8 Å². The number of alkyl carbamates (subject to hydrolysis) is 1. The number of ether oxygens (including phenoxy) is 1. The van der Waals surface area contributed by atoms with Crippen LogP contribution in [-0.4, -0.2) is 49.6 Å². The van der Waals surface area contributed by atoms with Crippen LogP contribution in [0.4, 0.5) is 23.7 Å². The van der Waals surface area contributed by atoms with Crippen molar-refractivity contribution < 1.29 is 32.3 Å². The molecule has 0 aliphatic rings. The largest absolute Gasteiger partial charge is 0.453 e. The van der Waals surface area contributed by atoms with Crippen molar-refractivity contribution in [1.29, 1.82) is 0 Å². The Balaban J connectivity index is 2.08. The molecule has 1 unspecified atom stereocenters. The molecule has 0 saturated heterocycles. The van der Waals surface area contributed by atoms with E-state index in [1.807, 2.05) is 0 Å². The fourth-order valence-electron chi connectivity index (χ4n) is 2.83. The van der Waals surface area contributed by atoms with E-state index >= 15 is 0 Å². The molecular weight excluding hydrogens is 451 g/mol. The van der Waals surface area contributed by atoms with Crippen LogP contribution < -0.4 is 10.6 Å². The summed E-state index contributed by atoms with van der Waals surface area (Å²) >= 11 is 5.57. The van der Waals surface area contributed by atoms with Crippen molar-refractivity contribution in [3.8, 4) is 0 Å². The van der Waals surface area contributed by atoms with Crippen LogP contribution >= 0.6 is 11.6 Å². The number of rotatable bonds is 7. The third kappa shape index (κ3) is 7.16. The Bertz CT molecular complexity index is 971. The van der Waals surface area contributed by atoms with Crippen LogP contribution in [0.2, 0.25) is 5.02 Å². The molecule has 2 rings (SSSR count). The molecule has 0 spiro atoms. The topological polar surface area (TPSA) is 87.7 Å². The number of nitrogens with one attached hydrogen (secondary N) is 2. The monoisotopic (exact) mass is 471 g/mol. The lowest BCUT2D eigenvalue weighted by Crippen LogP contribution is -2.50. The van der Waals surface area contributed by atoms with Crippen LogP contribution in [0.1, 0.15) is 11.1 Å². The standard InChI is InChI=1S/C21H21ClF3N3O4/c1-28(12-18(29)26-14-8-9-16(22)15(11-14)21(23,24)25)19(30)17(27-20(31)32-2)10-13-6-4-3-5-7-13/h3-9,11,17H,10,12H2,1-2H3,(H,26,29)(H,27,31). The first-order valence-corrected chi connectivity index (χ1v) is 9.69. The summed E-state index contributed by atoms with van der Waals surface area (Å²) in [6.45, 7) is -0.461. The van der Waals surface area contributed by atoms with E-state index in [1.54, 1.807) is 30.3 Å². The third-order valence-corrected chi connectivity index (χ3v) is 4.70. The van der Waals surface area contributed by atoms with Crippen LogP contribution in [-0.2, 0) is 26.9 Å². The Morgan fingerprint density at radius 3 is 2.38 bits per heavy atom. The molecule has 172 valence electrons. The molecule has 0 aromatic heterocycles. The number of benzene rings is 2. The van der Waals surface area contributed by atoms with Crippen molar-refractivity contribution in [1.82, 2.24) is 10.2 Å². The summed E-state index contributed by atoms with van der Waals surface area (Å²) in [5, 5.41) is 4.23. The van der Waals surface area contributed by atoms with Crippen molar-refractivity contribution in [2.24, 2.45) is 0 Å². The lowest BCUT2D eigenvalue weighted by Gasteiger charge is -2.24. The summed E-state index contributed by atoms with van der Waals surface area (Å²) in [6, 6.07) is 10.8. The minimum atomic E-state index is -4.69. The molecule has 2 N–H and O–H groups in total. The highest BCUT2D eigenvalue weighted by Crippen LogP contribution is 2.36. The highest BCUT2D eigenvalue weighted by atomic mass is 35.5. The molecule has 0 saturated carbocycles. The van der Waals surface area contributed by atoms with Crippen LogP contribution in [0.15, 0.2) is 48.5 Å². The molecule has 0 heterocycles. The van der Waals surface area contributed by atoms with E-state index in [-0.39, 0.29) is 12.1 Å². The number of hydrogen-bond donors (Lipinski definition) is 2. The number of halogens is 4. The number of hydrogen-bond acceptors (Lipinski definition) is 4. The smallest absolute Gasteiger partial charge is 0.417 e. The zero-order valence-corrected chi connectivity index (χ0v) is 18.0. The van der Waals surface area contributed by atoms with Gasteiger partial charge in [0.1, 0.15) is 6.04 Å². The first kappa shape index (κ1) is 25.0. The number of carbonyl (C=O) groups is 3. The number of anilines is 1. The first-order chi connectivity index (χ1) is 15.0. The predicted molar refractivity (Wildman–Crippen MR) is 112 cm³/mol. The van der Waals surface area contributed by atoms with E-state index in [2.05, 4.69) is 15.4 Å². The number of amides is 3. The molecule has 11 heteroatoms. The predicted octanol–water partition coefficient (Wildman–Crippen LogP) is 3.72. The number of likely N-dealkylation sites (N-methyl/N-ethyl adjacent to an activating group) is 1. The molecular formula is C21H21ClF3N3O4. The number of alkyl halides is 3. The average molecular weight is 472 g/mol. The van der Waals surface area contributed by atoms with Gasteiger partial charge in [0.25, 0.3) is 0 Å². The second-order valence-electron chi connectivity index (χ2n) is 6.81. The molecule has 0 aliphatic heterocycles. The lowest BCUT2D eigenvalue weighted by atomic mass is 10.0. The maximum Gasteiger partial charge on any atom is 0.417 e. The minimum absolute atomic E-state index is 0.124. The van der Waals surface area contributed by atoms with Crippen molar-refractivity contribution >= 4 is 35.2 Å². The van der Waals surface area contributed by atoms with Crippen LogP contribution in [0.25, 0.3) is 0 Å². The number of methoxy groups -OCH3 is 1. The van der Waals surface area contributed by atoms with E-state index in [9.17, 15) is 27.6 Å². The van der Waals surface area contributed by atoms with Crippen molar-refractivity contribution in [3.63, 3.8) is 0 Å². The number of nitrogens with zero attached hydrogens (tertiary/aromatic N) is 1. The molecule has 3 amide bonds. The molecule has 1 atom stereocenters. The number of carbonyl (C=O) groups excluding carboxylic acids is 3. The third-order valence-electron chi connectivity index (χ3n) is 4.37. The van der Waals surface area contributed by atoms with Gasteiger partial charge in [0, 0.05) is 19.2 Å². The van der Waals surface area contributed by atoms with Gasteiger partial charge in [0.05, 0.1) is 24.2 Å². The molecule has 0 aliphatic carbocycles. The van der Waals surface area contributed by atoms with Gasteiger partial charge in [0.15, 0.2) is 0 Å².